The molecule has 8 heteroatoms. The van der Waals surface area contributed by atoms with Crippen LogP contribution in [0, 0.1) is 6.92 Å². The number of hydrogen-bond donors (Lipinski definition) is 3. The van der Waals surface area contributed by atoms with Gasteiger partial charge in [-0.2, -0.15) is 0 Å². The number of carbonyl (C=O) groups excluding carboxylic acids is 2. The number of ether oxygens (including phenoxy) is 1. The van der Waals surface area contributed by atoms with Crippen molar-refractivity contribution in [1.29, 1.82) is 0 Å². The summed E-state index contributed by atoms with van der Waals surface area (Å²) in [6.07, 6.45) is 3.15. The van der Waals surface area contributed by atoms with Crippen LogP contribution in [-0.4, -0.2) is 38.3 Å². The van der Waals surface area contributed by atoms with Gasteiger partial charge in [0.1, 0.15) is 17.0 Å². The highest BCUT2D eigenvalue weighted by molar-refractivity contribution is 6.03. The van der Waals surface area contributed by atoms with Crippen LogP contribution in [0.3, 0.4) is 0 Å². The van der Waals surface area contributed by atoms with Gasteiger partial charge in [0, 0.05) is 17.3 Å². The number of hydrogen-bond acceptors (Lipinski definition) is 5. The summed E-state index contributed by atoms with van der Waals surface area (Å²) in [6.45, 7) is 8.66. The number of carbonyl (C=O) groups is 2. The molecule has 26 heavy (non-hydrogen) atoms. The van der Waals surface area contributed by atoms with Gasteiger partial charge in [0.2, 0.25) is 0 Å². The fourth-order valence-corrected chi connectivity index (χ4v) is 2.92. The Morgan fingerprint density at radius 3 is 2.73 bits per heavy atom. The van der Waals surface area contributed by atoms with Crippen LogP contribution in [0.15, 0.2) is 11.0 Å². The van der Waals surface area contributed by atoms with E-state index in [4.69, 9.17) is 4.74 Å². The highest BCUT2D eigenvalue weighted by Gasteiger charge is 2.22. The van der Waals surface area contributed by atoms with Crippen LogP contribution in [0.25, 0.3) is 24.0 Å². The third-order valence-electron chi connectivity index (χ3n) is 4.05. The summed E-state index contributed by atoms with van der Waals surface area (Å²) in [5, 5.41) is 0.322. The zero-order valence-corrected chi connectivity index (χ0v) is 14.6. The van der Waals surface area contributed by atoms with Crippen molar-refractivity contribution in [1.82, 2.24) is 19.9 Å². The molecule has 3 N–H and O–H groups in total. The number of nitrogens with one attached hydrogen (secondary N) is 3. The molecule has 0 fully saturated rings. The van der Waals surface area contributed by atoms with E-state index in [1.54, 1.807) is 20.0 Å². The Morgan fingerprint density at radius 2 is 2.08 bits per heavy atom. The Morgan fingerprint density at radius 1 is 1.35 bits per heavy atom. The van der Waals surface area contributed by atoms with Crippen molar-refractivity contribution in [3.8, 4) is 11.4 Å². The van der Waals surface area contributed by atoms with Gasteiger partial charge in [-0.25, -0.2) is 9.78 Å². The number of rotatable bonds is 4. The number of H-pyrrole nitrogens is 3. The monoisotopic (exact) mass is 354 g/mol. The zero-order valence-electron chi connectivity index (χ0n) is 14.6. The average Bonchev–Trinajstić information content (AvgIpc) is 3.05. The number of esters is 1. The van der Waals surface area contributed by atoms with Gasteiger partial charge >= 0.3 is 5.97 Å². The molecule has 0 radical (unpaired) electrons. The van der Waals surface area contributed by atoms with Crippen LogP contribution in [-0.2, 0) is 4.74 Å². The molecule has 0 atom stereocenters. The fraction of sp³-hybridized carbons (Fsp3) is 0.222. The Bertz CT molecular complexity index is 1150. The molecule has 2 aliphatic rings. The van der Waals surface area contributed by atoms with E-state index in [1.807, 2.05) is 0 Å². The summed E-state index contributed by atoms with van der Waals surface area (Å²) in [5.74, 6) is -0.383. The number of Topliss-reactive ketones (excluding diaryl/α,β-unsaturated/α-hetero) is 1. The summed E-state index contributed by atoms with van der Waals surface area (Å²) in [7, 11) is 0. The van der Waals surface area contributed by atoms with Crippen molar-refractivity contribution in [2.45, 2.75) is 20.8 Å². The lowest BCUT2D eigenvalue weighted by atomic mass is 10.1. The first-order valence-corrected chi connectivity index (χ1v) is 8.02. The SMILES string of the molecule is C=c1nc2[nH]c(=O)c(=Cc3[nH]c(C(=O)OCC)c(C)c3C(C)=O)c-2c[nH]1. The molecule has 3 rings (SSSR count). The molecule has 0 bridgehead atoms. The standard InChI is InChI=1S/C18H18N4O4/c1-5-26-18(25)15-8(2)14(9(3)23)13(21-15)6-11-12-7-19-10(4)20-16(12)22-17(11)24/h6-7,19,21H,4-5H2,1-3H3,(H,20,22,24). The Hall–Kier alpha value is -3.42. The van der Waals surface area contributed by atoms with Gasteiger partial charge in [0.05, 0.1) is 17.5 Å². The number of aromatic amines is 3. The fourth-order valence-electron chi connectivity index (χ4n) is 2.92. The summed E-state index contributed by atoms with van der Waals surface area (Å²) in [4.78, 5) is 49.1. The van der Waals surface area contributed by atoms with Crippen LogP contribution >= 0.6 is 0 Å². The lowest BCUT2D eigenvalue weighted by molar-refractivity contribution is 0.0519. The molecule has 0 saturated carbocycles. The highest BCUT2D eigenvalue weighted by atomic mass is 16.5. The van der Waals surface area contributed by atoms with Crippen molar-refractivity contribution in [3.05, 3.63) is 49.8 Å². The third-order valence-corrected chi connectivity index (χ3v) is 4.05. The van der Waals surface area contributed by atoms with Crippen LogP contribution in [0.1, 0.15) is 46.0 Å². The minimum Gasteiger partial charge on any atom is -0.461 e. The van der Waals surface area contributed by atoms with E-state index >= 15 is 0 Å². The van der Waals surface area contributed by atoms with E-state index in [2.05, 4.69) is 26.5 Å². The molecule has 2 aliphatic heterocycles. The molecule has 0 unspecified atom stereocenters. The minimum atomic E-state index is -0.551. The van der Waals surface area contributed by atoms with E-state index in [0.29, 0.717) is 38.9 Å². The van der Waals surface area contributed by atoms with Gasteiger partial charge in [0.25, 0.3) is 5.56 Å². The first kappa shape index (κ1) is 17.4. The van der Waals surface area contributed by atoms with Crippen LogP contribution in [0.2, 0.25) is 0 Å². The maximum absolute atomic E-state index is 12.3. The molecule has 134 valence electrons. The second-order valence-corrected chi connectivity index (χ2v) is 5.81. The molecule has 3 heterocycles. The van der Waals surface area contributed by atoms with Crippen molar-refractivity contribution in [3.63, 3.8) is 0 Å². The van der Waals surface area contributed by atoms with Crippen LogP contribution in [0.4, 0.5) is 0 Å². The number of nitrogens with zero attached hydrogens (tertiary/aromatic N) is 1. The summed E-state index contributed by atoms with van der Waals surface area (Å²) >= 11 is 0. The number of aromatic nitrogens is 4. The molecule has 0 aliphatic carbocycles. The summed E-state index contributed by atoms with van der Waals surface area (Å²) in [6, 6.07) is 0. The number of fused-ring (bicyclic) bond motifs is 1. The summed E-state index contributed by atoms with van der Waals surface area (Å²) in [5.41, 5.74) is 2.00. The van der Waals surface area contributed by atoms with E-state index < -0.39 is 5.97 Å². The summed E-state index contributed by atoms with van der Waals surface area (Å²) < 4.78 is 5.01. The van der Waals surface area contributed by atoms with E-state index in [1.165, 1.54) is 13.0 Å². The van der Waals surface area contributed by atoms with Crippen LogP contribution in [0.5, 0.6) is 0 Å². The van der Waals surface area contributed by atoms with Gasteiger partial charge in [-0.05, 0) is 32.4 Å². The normalized spacial score (nSPS) is 11.9. The first-order valence-electron chi connectivity index (χ1n) is 8.02. The smallest absolute Gasteiger partial charge is 0.355 e. The lowest BCUT2D eigenvalue weighted by Crippen LogP contribution is -2.22. The maximum atomic E-state index is 12.3. The predicted molar refractivity (Wildman–Crippen MR) is 95.7 cm³/mol. The van der Waals surface area contributed by atoms with E-state index in [0.717, 1.165) is 0 Å². The Balaban J connectivity index is 2.27. The third kappa shape index (κ3) is 2.85. The van der Waals surface area contributed by atoms with Gasteiger partial charge in [0.15, 0.2) is 5.78 Å². The van der Waals surface area contributed by atoms with Crippen molar-refractivity contribution < 1.29 is 14.3 Å². The lowest BCUT2D eigenvalue weighted by Gasteiger charge is -2.00. The maximum Gasteiger partial charge on any atom is 0.355 e. The van der Waals surface area contributed by atoms with Crippen molar-refractivity contribution in [2.75, 3.05) is 6.61 Å². The quantitative estimate of drug-likeness (QED) is 0.464. The van der Waals surface area contributed by atoms with Gasteiger partial charge < -0.3 is 19.7 Å². The molecule has 0 spiro atoms. The average molecular weight is 354 g/mol. The van der Waals surface area contributed by atoms with Crippen molar-refractivity contribution in [2.24, 2.45) is 0 Å². The molecule has 0 saturated heterocycles. The molecular weight excluding hydrogens is 336 g/mol. The molecular formula is C18H18N4O4. The molecule has 1 aromatic heterocycles. The Labute approximate surface area is 148 Å². The first-order chi connectivity index (χ1) is 12.3. The van der Waals surface area contributed by atoms with Gasteiger partial charge in [-0.1, -0.05) is 6.58 Å². The van der Waals surface area contributed by atoms with Crippen molar-refractivity contribution >= 4 is 24.4 Å². The highest BCUT2D eigenvalue weighted by Crippen LogP contribution is 2.21. The van der Waals surface area contributed by atoms with E-state index in [-0.39, 0.29) is 23.6 Å². The van der Waals surface area contributed by atoms with E-state index in [9.17, 15) is 14.4 Å². The molecule has 8 nitrogen and oxygen atoms in total. The molecule has 0 amide bonds. The largest absolute Gasteiger partial charge is 0.461 e. The van der Waals surface area contributed by atoms with Gasteiger partial charge in [-0.3, -0.25) is 9.59 Å². The second kappa shape index (κ2) is 6.47. The number of ketones is 1. The zero-order chi connectivity index (χ0) is 19.0. The minimum absolute atomic E-state index is 0.195. The predicted octanol–water partition coefficient (Wildman–Crippen LogP) is 0.458. The molecule has 0 aromatic carbocycles. The second-order valence-electron chi connectivity index (χ2n) is 5.81. The topological polar surface area (TPSA) is 121 Å². The van der Waals surface area contributed by atoms with Gasteiger partial charge in [-0.15, -0.1) is 0 Å². The Kier molecular flexibility index (Phi) is 4.33. The van der Waals surface area contributed by atoms with Crippen LogP contribution < -0.4 is 16.3 Å². The molecule has 1 aromatic rings.